The Kier molecular flexibility index (Phi) is 4.24. The highest BCUT2D eigenvalue weighted by Gasteiger charge is 2.16. The van der Waals surface area contributed by atoms with Crippen LogP contribution < -0.4 is 20.5 Å². The fraction of sp³-hybridized carbons (Fsp3) is 0.462. The molecule has 1 aliphatic rings. The summed E-state index contributed by atoms with van der Waals surface area (Å²) in [5.41, 5.74) is 7.36. The zero-order valence-corrected chi connectivity index (χ0v) is 10.8. The van der Waals surface area contributed by atoms with Gasteiger partial charge in [-0.25, -0.2) is 0 Å². The number of nitrogens with one attached hydrogen (secondary N) is 1. The van der Waals surface area contributed by atoms with Crippen LogP contribution in [0.15, 0.2) is 12.1 Å². The van der Waals surface area contributed by atoms with Crippen molar-refractivity contribution in [2.45, 2.75) is 19.4 Å². The number of aliphatic hydroxyl groups excluding tert-OH is 1. The standard InChI is InChI=1S/C13H18N2O4/c1-8-4-11-12(19-7-18-11)5-9(8)2-3-15-13(17)10(16)6-14/h4-5,10,16H,2-3,6-7,14H2,1H3,(H,15,17). The Morgan fingerprint density at radius 3 is 2.84 bits per heavy atom. The minimum absolute atomic E-state index is 0.0745. The van der Waals surface area contributed by atoms with E-state index in [1.165, 1.54) is 0 Å². The van der Waals surface area contributed by atoms with E-state index in [0.717, 1.165) is 22.6 Å². The molecule has 19 heavy (non-hydrogen) atoms. The summed E-state index contributed by atoms with van der Waals surface area (Å²) in [5, 5.41) is 11.9. The molecule has 0 bridgehead atoms. The lowest BCUT2D eigenvalue weighted by molar-refractivity contribution is -0.128. The molecule has 1 aliphatic heterocycles. The number of nitrogens with two attached hydrogens (primary N) is 1. The van der Waals surface area contributed by atoms with E-state index >= 15 is 0 Å². The number of rotatable bonds is 5. The first kappa shape index (κ1) is 13.6. The van der Waals surface area contributed by atoms with E-state index in [9.17, 15) is 9.90 Å². The van der Waals surface area contributed by atoms with Gasteiger partial charge in [-0.3, -0.25) is 4.79 Å². The van der Waals surface area contributed by atoms with Crippen molar-refractivity contribution in [1.82, 2.24) is 5.32 Å². The van der Waals surface area contributed by atoms with Gasteiger partial charge in [-0.15, -0.1) is 0 Å². The van der Waals surface area contributed by atoms with Crippen LogP contribution in [0.5, 0.6) is 11.5 Å². The maximum absolute atomic E-state index is 11.4. The van der Waals surface area contributed by atoms with Crippen molar-refractivity contribution in [3.8, 4) is 11.5 Å². The monoisotopic (exact) mass is 266 g/mol. The van der Waals surface area contributed by atoms with Gasteiger partial charge >= 0.3 is 0 Å². The van der Waals surface area contributed by atoms with Gasteiger partial charge in [0.2, 0.25) is 12.7 Å². The van der Waals surface area contributed by atoms with Gasteiger partial charge in [0.05, 0.1) is 0 Å². The van der Waals surface area contributed by atoms with Gasteiger partial charge in [0.1, 0.15) is 6.10 Å². The molecule has 0 aliphatic carbocycles. The Balaban J connectivity index is 1.91. The molecule has 0 aromatic heterocycles. The molecule has 1 unspecified atom stereocenters. The first-order valence-corrected chi connectivity index (χ1v) is 6.16. The predicted octanol–water partition coefficient (Wildman–Crippen LogP) is -0.298. The van der Waals surface area contributed by atoms with E-state index in [4.69, 9.17) is 15.2 Å². The SMILES string of the molecule is Cc1cc2c(cc1CCNC(=O)C(O)CN)OCO2. The van der Waals surface area contributed by atoms with Gasteiger partial charge in [0.25, 0.3) is 0 Å². The van der Waals surface area contributed by atoms with Crippen LogP contribution in [0, 0.1) is 6.92 Å². The van der Waals surface area contributed by atoms with Gasteiger partial charge in [0, 0.05) is 13.1 Å². The van der Waals surface area contributed by atoms with Crippen molar-refractivity contribution in [2.24, 2.45) is 5.73 Å². The summed E-state index contributed by atoms with van der Waals surface area (Å²) in [6.45, 7) is 2.59. The summed E-state index contributed by atoms with van der Waals surface area (Å²) in [6, 6.07) is 3.84. The third-order valence-corrected chi connectivity index (χ3v) is 3.05. The number of benzene rings is 1. The van der Waals surface area contributed by atoms with Gasteiger partial charge in [0.15, 0.2) is 11.5 Å². The fourth-order valence-corrected chi connectivity index (χ4v) is 1.90. The Morgan fingerprint density at radius 1 is 1.47 bits per heavy atom. The first-order chi connectivity index (χ1) is 9.11. The molecule has 0 spiro atoms. The van der Waals surface area contributed by atoms with E-state index < -0.39 is 12.0 Å². The van der Waals surface area contributed by atoms with E-state index in [1.54, 1.807) is 0 Å². The number of hydrogen-bond donors (Lipinski definition) is 3. The van der Waals surface area contributed by atoms with Crippen LogP contribution in [0.2, 0.25) is 0 Å². The van der Waals surface area contributed by atoms with E-state index in [-0.39, 0.29) is 13.3 Å². The van der Waals surface area contributed by atoms with Crippen molar-refractivity contribution < 1.29 is 19.4 Å². The van der Waals surface area contributed by atoms with E-state index in [2.05, 4.69) is 5.32 Å². The highest BCUT2D eigenvalue weighted by molar-refractivity contribution is 5.80. The summed E-state index contributed by atoms with van der Waals surface area (Å²) in [6.07, 6.45) is -0.483. The van der Waals surface area contributed by atoms with E-state index in [1.807, 2.05) is 19.1 Å². The number of hydrogen-bond acceptors (Lipinski definition) is 5. The van der Waals surface area contributed by atoms with Gasteiger partial charge in [-0.1, -0.05) is 0 Å². The number of carbonyl (C=O) groups is 1. The second-order valence-corrected chi connectivity index (χ2v) is 4.42. The highest BCUT2D eigenvalue weighted by atomic mass is 16.7. The third-order valence-electron chi connectivity index (χ3n) is 3.05. The van der Waals surface area contributed by atoms with Crippen LogP contribution in [0.25, 0.3) is 0 Å². The molecule has 1 atom stereocenters. The summed E-state index contributed by atoms with van der Waals surface area (Å²) in [4.78, 5) is 11.4. The third kappa shape index (κ3) is 3.15. The number of ether oxygens (including phenoxy) is 2. The second kappa shape index (κ2) is 5.90. The second-order valence-electron chi connectivity index (χ2n) is 4.42. The Bertz CT molecular complexity index is 476. The molecule has 1 aromatic rings. The molecule has 1 amide bonds. The van der Waals surface area contributed by atoms with Crippen molar-refractivity contribution in [3.05, 3.63) is 23.3 Å². The Morgan fingerprint density at radius 2 is 2.16 bits per heavy atom. The highest BCUT2D eigenvalue weighted by Crippen LogP contribution is 2.34. The average molecular weight is 266 g/mol. The molecule has 0 saturated heterocycles. The van der Waals surface area contributed by atoms with Crippen LogP contribution in [0.4, 0.5) is 0 Å². The van der Waals surface area contributed by atoms with Gasteiger partial charge < -0.3 is 25.6 Å². The zero-order chi connectivity index (χ0) is 13.8. The number of aryl methyl sites for hydroxylation is 1. The molecule has 6 nitrogen and oxygen atoms in total. The van der Waals surface area contributed by atoms with Crippen molar-refractivity contribution in [3.63, 3.8) is 0 Å². The molecule has 0 fully saturated rings. The van der Waals surface area contributed by atoms with Crippen LogP contribution >= 0.6 is 0 Å². The minimum atomic E-state index is -1.14. The molecular formula is C13H18N2O4. The zero-order valence-electron chi connectivity index (χ0n) is 10.8. The van der Waals surface area contributed by atoms with E-state index in [0.29, 0.717) is 13.0 Å². The van der Waals surface area contributed by atoms with Gasteiger partial charge in [-0.2, -0.15) is 0 Å². The van der Waals surface area contributed by atoms with Crippen molar-refractivity contribution in [1.29, 1.82) is 0 Å². The summed E-state index contributed by atoms with van der Waals surface area (Å²) >= 11 is 0. The average Bonchev–Trinajstić information content (AvgIpc) is 2.84. The van der Waals surface area contributed by atoms with Crippen molar-refractivity contribution >= 4 is 5.91 Å². The molecule has 104 valence electrons. The first-order valence-electron chi connectivity index (χ1n) is 6.16. The summed E-state index contributed by atoms with van der Waals surface area (Å²) in [5.74, 6) is 1.04. The maximum Gasteiger partial charge on any atom is 0.250 e. The summed E-state index contributed by atoms with van der Waals surface area (Å²) in [7, 11) is 0. The number of carbonyl (C=O) groups excluding carboxylic acids is 1. The molecule has 4 N–H and O–H groups in total. The predicted molar refractivity (Wildman–Crippen MR) is 69.1 cm³/mol. The number of amides is 1. The maximum atomic E-state index is 11.4. The number of fused-ring (bicyclic) bond motifs is 1. The van der Waals surface area contributed by atoms with Crippen LogP contribution in [-0.4, -0.2) is 37.0 Å². The Labute approximate surface area is 111 Å². The quantitative estimate of drug-likeness (QED) is 0.680. The lowest BCUT2D eigenvalue weighted by Crippen LogP contribution is -2.40. The van der Waals surface area contributed by atoms with Crippen LogP contribution in [-0.2, 0) is 11.2 Å². The normalized spacial score (nSPS) is 14.3. The molecule has 0 saturated carbocycles. The molecule has 1 aromatic carbocycles. The van der Waals surface area contributed by atoms with Crippen LogP contribution in [0.1, 0.15) is 11.1 Å². The molecular weight excluding hydrogens is 248 g/mol. The smallest absolute Gasteiger partial charge is 0.250 e. The van der Waals surface area contributed by atoms with Crippen LogP contribution in [0.3, 0.4) is 0 Å². The Hall–Kier alpha value is -1.79. The lowest BCUT2D eigenvalue weighted by atomic mass is 10.0. The fourth-order valence-electron chi connectivity index (χ4n) is 1.90. The minimum Gasteiger partial charge on any atom is -0.454 e. The van der Waals surface area contributed by atoms with Crippen molar-refractivity contribution in [2.75, 3.05) is 19.9 Å². The molecule has 6 heteroatoms. The summed E-state index contributed by atoms with van der Waals surface area (Å²) < 4.78 is 10.6. The van der Waals surface area contributed by atoms with Gasteiger partial charge in [-0.05, 0) is 36.6 Å². The number of aliphatic hydroxyl groups is 1. The molecule has 2 rings (SSSR count). The molecule has 1 heterocycles. The lowest BCUT2D eigenvalue weighted by Gasteiger charge is -2.11. The largest absolute Gasteiger partial charge is 0.454 e. The molecule has 0 radical (unpaired) electrons. The topological polar surface area (TPSA) is 93.8 Å².